The second-order valence-electron chi connectivity index (χ2n) is 4.21. The van der Waals surface area contributed by atoms with Crippen molar-refractivity contribution in [2.45, 2.75) is 13.3 Å². The zero-order valence-corrected chi connectivity index (χ0v) is 10.7. The molecular weight excluding hydrogens is 228 g/mol. The summed E-state index contributed by atoms with van der Waals surface area (Å²) in [7, 11) is 1.96. The molecular formula is C12H18N6. The van der Waals surface area contributed by atoms with Crippen LogP contribution in [0.15, 0.2) is 18.6 Å². The van der Waals surface area contributed by atoms with Crippen molar-refractivity contribution in [2.75, 3.05) is 18.0 Å². The topological polar surface area (TPSA) is 83.8 Å². The minimum absolute atomic E-state index is 0.196. The number of rotatable bonds is 5. The molecule has 2 heterocycles. The number of pyridine rings is 1. The predicted octanol–water partition coefficient (Wildman–Crippen LogP) is 1.12. The van der Waals surface area contributed by atoms with Crippen molar-refractivity contribution in [1.29, 1.82) is 5.41 Å². The number of hydrogen-bond donors (Lipinski definition) is 2. The Bertz CT molecular complexity index is 559. The molecule has 0 aliphatic carbocycles. The Balaban J connectivity index is 2.35. The number of nitrogens with one attached hydrogen (secondary N) is 1. The third-order valence-electron chi connectivity index (χ3n) is 2.96. The van der Waals surface area contributed by atoms with Gasteiger partial charge in [-0.05, 0) is 13.0 Å². The third kappa shape index (κ3) is 2.27. The van der Waals surface area contributed by atoms with Crippen LogP contribution < -0.4 is 10.6 Å². The van der Waals surface area contributed by atoms with E-state index in [1.807, 2.05) is 17.7 Å². The minimum Gasteiger partial charge on any atom is -0.388 e. The molecule has 0 saturated heterocycles. The molecule has 0 spiro atoms. The van der Waals surface area contributed by atoms with Gasteiger partial charge in [0.05, 0.1) is 17.7 Å². The minimum atomic E-state index is 0.196. The molecule has 0 bridgehead atoms. The van der Waals surface area contributed by atoms with Gasteiger partial charge in [-0.2, -0.15) is 0 Å². The lowest BCUT2D eigenvalue weighted by atomic mass is 10.3. The van der Waals surface area contributed by atoms with Crippen LogP contribution in [0.3, 0.4) is 0 Å². The fourth-order valence-corrected chi connectivity index (χ4v) is 1.95. The first-order chi connectivity index (χ1) is 8.63. The summed E-state index contributed by atoms with van der Waals surface area (Å²) in [6.07, 6.45) is 4.11. The molecule has 2 aromatic rings. The number of aromatic nitrogens is 3. The second-order valence-corrected chi connectivity index (χ2v) is 4.21. The second kappa shape index (κ2) is 5.03. The molecule has 0 unspecified atom stereocenters. The van der Waals surface area contributed by atoms with Gasteiger partial charge in [-0.1, -0.05) is 0 Å². The van der Waals surface area contributed by atoms with Gasteiger partial charge in [0.1, 0.15) is 5.52 Å². The summed E-state index contributed by atoms with van der Waals surface area (Å²) in [5.74, 6) is 1.05. The number of aryl methyl sites for hydroxylation is 1. The predicted molar refractivity (Wildman–Crippen MR) is 72.9 cm³/mol. The lowest BCUT2D eigenvalue weighted by molar-refractivity contribution is 0.818. The summed E-state index contributed by atoms with van der Waals surface area (Å²) in [6.45, 7) is 3.56. The van der Waals surface area contributed by atoms with Gasteiger partial charge in [-0.15, -0.1) is 0 Å². The van der Waals surface area contributed by atoms with E-state index in [0.29, 0.717) is 13.0 Å². The molecule has 6 nitrogen and oxygen atoms in total. The van der Waals surface area contributed by atoms with E-state index < -0.39 is 0 Å². The van der Waals surface area contributed by atoms with E-state index in [1.54, 1.807) is 12.5 Å². The summed E-state index contributed by atoms with van der Waals surface area (Å²) in [4.78, 5) is 10.9. The fraction of sp³-hybridized carbons (Fsp3) is 0.417. The Kier molecular flexibility index (Phi) is 3.45. The van der Waals surface area contributed by atoms with Gasteiger partial charge in [-0.25, -0.2) is 9.97 Å². The highest BCUT2D eigenvalue weighted by Crippen LogP contribution is 2.22. The first-order valence-corrected chi connectivity index (χ1v) is 5.97. The summed E-state index contributed by atoms with van der Waals surface area (Å²) in [5, 5.41) is 7.30. The molecule has 0 aliphatic rings. The van der Waals surface area contributed by atoms with Crippen LogP contribution in [0, 0.1) is 5.41 Å². The van der Waals surface area contributed by atoms with Crippen molar-refractivity contribution >= 4 is 22.7 Å². The molecule has 0 aliphatic heterocycles. The fourth-order valence-electron chi connectivity index (χ4n) is 1.95. The monoisotopic (exact) mass is 246 g/mol. The van der Waals surface area contributed by atoms with Crippen LogP contribution >= 0.6 is 0 Å². The van der Waals surface area contributed by atoms with Gasteiger partial charge in [0.15, 0.2) is 5.82 Å². The van der Waals surface area contributed by atoms with Crippen LogP contribution in [0.2, 0.25) is 0 Å². The molecule has 0 fully saturated rings. The van der Waals surface area contributed by atoms with Gasteiger partial charge in [-0.3, -0.25) is 5.41 Å². The average Bonchev–Trinajstić information content (AvgIpc) is 2.73. The first-order valence-electron chi connectivity index (χ1n) is 5.97. The van der Waals surface area contributed by atoms with E-state index in [4.69, 9.17) is 11.1 Å². The quantitative estimate of drug-likeness (QED) is 0.611. The van der Waals surface area contributed by atoms with Gasteiger partial charge in [0, 0.05) is 32.8 Å². The largest absolute Gasteiger partial charge is 0.388 e. The van der Waals surface area contributed by atoms with Gasteiger partial charge in [0.2, 0.25) is 0 Å². The van der Waals surface area contributed by atoms with E-state index in [0.717, 1.165) is 23.4 Å². The maximum atomic E-state index is 7.30. The molecule has 18 heavy (non-hydrogen) atoms. The van der Waals surface area contributed by atoms with Crippen molar-refractivity contribution in [1.82, 2.24) is 14.5 Å². The highest BCUT2D eigenvalue weighted by molar-refractivity contribution is 5.86. The lowest BCUT2D eigenvalue weighted by Crippen LogP contribution is -2.28. The molecule has 6 heteroatoms. The van der Waals surface area contributed by atoms with Crippen LogP contribution in [0.4, 0.5) is 5.82 Å². The summed E-state index contributed by atoms with van der Waals surface area (Å²) in [6, 6.07) is 1.95. The number of fused-ring (bicyclic) bond motifs is 1. The summed E-state index contributed by atoms with van der Waals surface area (Å²) in [5.41, 5.74) is 7.36. The Morgan fingerprint density at radius 3 is 2.94 bits per heavy atom. The lowest BCUT2D eigenvalue weighted by Gasteiger charge is -2.21. The highest BCUT2D eigenvalue weighted by Gasteiger charge is 2.13. The van der Waals surface area contributed by atoms with Crippen molar-refractivity contribution in [3.8, 4) is 0 Å². The molecule has 96 valence electrons. The Morgan fingerprint density at radius 2 is 2.28 bits per heavy atom. The van der Waals surface area contributed by atoms with Crippen molar-refractivity contribution in [2.24, 2.45) is 12.8 Å². The van der Waals surface area contributed by atoms with Crippen molar-refractivity contribution in [3.05, 3.63) is 18.6 Å². The third-order valence-corrected chi connectivity index (χ3v) is 2.96. The van der Waals surface area contributed by atoms with Gasteiger partial charge < -0.3 is 15.2 Å². The summed E-state index contributed by atoms with van der Waals surface area (Å²) >= 11 is 0. The molecule has 0 radical (unpaired) electrons. The highest BCUT2D eigenvalue weighted by atomic mass is 15.2. The number of nitrogens with two attached hydrogens (primary N) is 1. The summed E-state index contributed by atoms with van der Waals surface area (Å²) < 4.78 is 1.97. The normalized spacial score (nSPS) is 10.8. The Labute approximate surface area is 106 Å². The van der Waals surface area contributed by atoms with E-state index >= 15 is 0 Å². The Morgan fingerprint density at radius 1 is 1.50 bits per heavy atom. The SMILES string of the molecule is CCN(CCC(=N)N)c1nccc2c1ncn2C. The van der Waals surface area contributed by atoms with Gasteiger partial charge >= 0.3 is 0 Å². The van der Waals surface area contributed by atoms with E-state index in [1.165, 1.54) is 0 Å². The van der Waals surface area contributed by atoms with Crippen LogP contribution in [0.5, 0.6) is 0 Å². The van der Waals surface area contributed by atoms with Crippen LogP contribution in [0.25, 0.3) is 11.0 Å². The molecule has 0 aromatic carbocycles. The van der Waals surface area contributed by atoms with Crippen molar-refractivity contribution in [3.63, 3.8) is 0 Å². The molecule has 2 aromatic heterocycles. The number of imidazole rings is 1. The first kappa shape index (κ1) is 12.3. The van der Waals surface area contributed by atoms with Crippen LogP contribution in [-0.2, 0) is 7.05 Å². The maximum Gasteiger partial charge on any atom is 0.156 e. The zero-order valence-electron chi connectivity index (χ0n) is 10.7. The number of amidine groups is 1. The van der Waals surface area contributed by atoms with E-state index in [9.17, 15) is 0 Å². The molecule has 0 amide bonds. The smallest absolute Gasteiger partial charge is 0.156 e. The van der Waals surface area contributed by atoms with E-state index in [2.05, 4.69) is 21.8 Å². The number of anilines is 1. The van der Waals surface area contributed by atoms with Gasteiger partial charge in [0.25, 0.3) is 0 Å². The molecule has 0 atom stereocenters. The van der Waals surface area contributed by atoms with Crippen LogP contribution in [-0.4, -0.2) is 33.5 Å². The maximum absolute atomic E-state index is 7.30. The average molecular weight is 246 g/mol. The number of hydrogen-bond acceptors (Lipinski definition) is 4. The standard InChI is InChI=1S/C12H18N6/c1-3-18(7-5-10(13)14)12-11-9(4-6-15-12)17(2)8-16-11/h4,6,8H,3,5,7H2,1-2H3,(H3,13,14). The molecule has 0 saturated carbocycles. The molecule has 2 rings (SSSR count). The zero-order chi connectivity index (χ0) is 13.1. The Hall–Kier alpha value is -2.11. The molecule has 3 N–H and O–H groups in total. The van der Waals surface area contributed by atoms with E-state index in [-0.39, 0.29) is 5.84 Å². The van der Waals surface area contributed by atoms with Crippen LogP contribution in [0.1, 0.15) is 13.3 Å². The number of nitrogens with zero attached hydrogens (tertiary/aromatic N) is 4. The van der Waals surface area contributed by atoms with Crippen molar-refractivity contribution < 1.29 is 0 Å².